The molecule has 0 amide bonds. The number of ether oxygens (including phenoxy) is 3. The number of halogens is 1. The maximum atomic E-state index is 5.75. The summed E-state index contributed by atoms with van der Waals surface area (Å²) in [5, 5.41) is 0. The SMILES string of the molecule is COc1cc(OC)cc(OCc2cccc(Br)c2)c1. The lowest BCUT2D eigenvalue weighted by Crippen LogP contribution is -1.96. The summed E-state index contributed by atoms with van der Waals surface area (Å²) in [5.41, 5.74) is 1.09. The monoisotopic (exact) mass is 322 g/mol. The average molecular weight is 323 g/mol. The van der Waals surface area contributed by atoms with Crippen LogP contribution in [0.3, 0.4) is 0 Å². The van der Waals surface area contributed by atoms with Gasteiger partial charge in [0, 0.05) is 22.7 Å². The highest BCUT2D eigenvalue weighted by molar-refractivity contribution is 9.10. The van der Waals surface area contributed by atoms with Crippen LogP contribution in [0.4, 0.5) is 0 Å². The maximum Gasteiger partial charge on any atom is 0.127 e. The molecular weight excluding hydrogens is 308 g/mol. The summed E-state index contributed by atoms with van der Waals surface area (Å²) >= 11 is 3.44. The molecule has 0 radical (unpaired) electrons. The summed E-state index contributed by atoms with van der Waals surface area (Å²) in [6, 6.07) is 13.5. The second-order valence-corrected chi connectivity index (χ2v) is 4.88. The molecule has 0 fully saturated rings. The van der Waals surface area contributed by atoms with Gasteiger partial charge in [-0.25, -0.2) is 0 Å². The first kappa shape index (κ1) is 13.7. The van der Waals surface area contributed by atoms with Gasteiger partial charge in [-0.05, 0) is 17.7 Å². The first-order valence-corrected chi connectivity index (χ1v) is 6.61. The van der Waals surface area contributed by atoms with E-state index in [1.54, 1.807) is 14.2 Å². The lowest BCUT2D eigenvalue weighted by atomic mass is 10.2. The number of methoxy groups -OCH3 is 2. The lowest BCUT2D eigenvalue weighted by Gasteiger charge is -2.10. The Morgan fingerprint density at radius 2 is 1.53 bits per heavy atom. The molecule has 0 unspecified atom stereocenters. The fraction of sp³-hybridized carbons (Fsp3) is 0.200. The van der Waals surface area contributed by atoms with E-state index in [2.05, 4.69) is 15.9 Å². The van der Waals surface area contributed by atoms with E-state index >= 15 is 0 Å². The Balaban J connectivity index is 2.10. The molecule has 0 spiro atoms. The molecule has 19 heavy (non-hydrogen) atoms. The van der Waals surface area contributed by atoms with Gasteiger partial charge in [0.2, 0.25) is 0 Å². The maximum absolute atomic E-state index is 5.75. The Morgan fingerprint density at radius 1 is 0.895 bits per heavy atom. The van der Waals surface area contributed by atoms with Crippen LogP contribution in [0.15, 0.2) is 46.9 Å². The van der Waals surface area contributed by atoms with E-state index in [1.165, 1.54) is 0 Å². The van der Waals surface area contributed by atoms with Gasteiger partial charge in [-0.3, -0.25) is 0 Å². The molecule has 3 nitrogen and oxygen atoms in total. The highest BCUT2D eigenvalue weighted by Gasteiger charge is 2.03. The third-order valence-corrected chi connectivity index (χ3v) is 3.11. The van der Waals surface area contributed by atoms with E-state index in [4.69, 9.17) is 14.2 Å². The van der Waals surface area contributed by atoms with Crippen LogP contribution in [0.2, 0.25) is 0 Å². The minimum Gasteiger partial charge on any atom is -0.496 e. The molecule has 0 heterocycles. The third kappa shape index (κ3) is 3.89. The van der Waals surface area contributed by atoms with Gasteiger partial charge in [0.25, 0.3) is 0 Å². The highest BCUT2D eigenvalue weighted by Crippen LogP contribution is 2.28. The quantitative estimate of drug-likeness (QED) is 0.831. The zero-order chi connectivity index (χ0) is 13.7. The van der Waals surface area contributed by atoms with Crippen molar-refractivity contribution < 1.29 is 14.2 Å². The molecule has 0 saturated carbocycles. The van der Waals surface area contributed by atoms with Crippen LogP contribution in [-0.4, -0.2) is 14.2 Å². The van der Waals surface area contributed by atoms with Crippen molar-refractivity contribution in [1.82, 2.24) is 0 Å². The second-order valence-electron chi connectivity index (χ2n) is 3.97. The first-order chi connectivity index (χ1) is 9.21. The number of benzene rings is 2. The van der Waals surface area contributed by atoms with Crippen LogP contribution in [0.25, 0.3) is 0 Å². The predicted molar refractivity (Wildman–Crippen MR) is 78.0 cm³/mol. The average Bonchev–Trinajstić information content (AvgIpc) is 2.44. The topological polar surface area (TPSA) is 27.7 Å². The molecule has 0 saturated heterocycles. The number of rotatable bonds is 5. The zero-order valence-corrected chi connectivity index (χ0v) is 12.4. The molecule has 0 aliphatic heterocycles. The molecule has 4 heteroatoms. The van der Waals surface area contributed by atoms with Crippen LogP contribution in [0.1, 0.15) is 5.56 Å². The molecule has 2 aromatic rings. The zero-order valence-electron chi connectivity index (χ0n) is 10.9. The first-order valence-electron chi connectivity index (χ1n) is 5.81. The van der Waals surface area contributed by atoms with Crippen LogP contribution < -0.4 is 14.2 Å². The van der Waals surface area contributed by atoms with Gasteiger partial charge < -0.3 is 14.2 Å². The Bertz CT molecular complexity index is 533. The summed E-state index contributed by atoms with van der Waals surface area (Å²) in [4.78, 5) is 0. The van der Waals surface area contributed by atoms with Crippen LogP contribution in [0.5, 0.6) is 17.2 Å². The molecular formula is C15H15BrO3. The fourth-order valence-corrected chi connectivity index (χ4v) is 2.10. The van der Waals surface area contributed by atoms with Crippen molar-refractivity contribution in [3.05, 3.63) is 52.5 Å². The van der Waals surface area contributed by atoms with Crippen molar-refractivity contribution in [1.29, 1.82) is 0 Å². The van der Waals surface area contributed by atoms with Crippen LogP contribution >= 0.6 is 15.9 Å². The van der Waals surface area contributed by atoms with Crippen molar-refractivity contribution in [3.8, 4) is 17.2 Å². The summed E-state index contributed by atoms with van der Waals surface area (Å²) in [6.07, 6.45) is 0. The van der Waals surface area contributed by atoms with E-state index in [1.807, 2.05) is 42.5 Å². The van der Waals surface area contributed by atoms with Gasteiger partial charge in [-0.1, -0.05) is 28.1 Å². The number of hydrogen-bond donors (Lipinski definition) is 0. The summed E-state index contributed by atoms with van der Waals surface area (Å²) in [5.74, 6) is 2.14. The van der Waals surface area contributed by atoms with E-state index in [-0.39, 0.29) is 0 Å². The molecule has 0 bridgehead atoms. The smallest absolute Gasteiger partial charge is 0.127 e. The molecule has 0 N–H and O–H groups in total. The normalized spacial score (nSPS) is 10.1. The van der Waals surface area contributed by atoms with Crippen molar-refractivity contribution in [3.63, 3.8) is 0 Å². The molecule has 0 aliphatic rings. The summed E-state index contributed by atoms with van der Waals surface area (Å²) in [7, 11) is 3.24. The summed E-state index contributed by atoms with van der Waals surface area (Å²) < 4.78 is 17.2. The summed E-state index contributed by atoms with van der Waals surface area (Å²) in [6.45, 7) is 0.496. The second kappa shape index (κ2) is 6.48. The highest BCUT2D eigenvalue weighted by atomic mass is 79.9. The van der Waals surface area contributed by atoms with Gasteiger partial charge in [-0.2, -0.15) is 0 Å². The Hall–Kier alpha value is -1.68. The lowest BCUT2D eigenvalue weighted by molar-refractivity contribution is 0.300. The molecule has 0 aromatic heterocycles. The van der Waals surface area contributed by atoms with Crippen molar-refractivity contribution in [2.45, 2.75) is 6.61 Å². The Morgan fingerprint density at radius 3 is 2.11 bits per heavy atom. The third-order valence-electron chi connectivity index (χ3n) is 2.62. The van der Waals surface area contributed by atoms with E-state index in [0.717, 1.165) is 15.8 Å². The van der Waals surface area contributed by atoms with Crippen molar-refractivity contribution >= 4 is 15.9 Å². The van der Waals surface area contributed by atoms with Gasteiger partial charge >= 0.3 is 0 Å². The largest absolute Gasteiger partial charge is 0.496 e. The fourth-order valence-electron chi connectivity index (χ4n) is 1.66. The molecule has 100 valence electrons. The van der Waals surface area contributed by atoms with E-state index in [0.29, 0.717) is 18.1 Å². The predicted octanol–water partition coefficient (Wildman–Crippen LogP) is 4.05. The van der Waals surface area contributed by atoms with Gasteiger partial charge in [0.1, 0.15) is 23.9 Å². The van der Waals surface area contributed by atoms with Gasteiger partial charge in [-0.15, -0.1) is 0 Å². The molecule has 2 rings (SSSR count). The van der Waals surface area contributed by atoms with E-state index < -0.39 is 0 Å². The van der Waals surface area contributed by atoms with Crippen LogP contribution in [-0.2, 0) is 6.61 Å². The minimum atomic E-state index is 0.496. The molecule has 0 aliphatic carbocycles. The Kier molecular flexibility index (Phi) is 4.68. The van der Waals surface area contributed by atoms with Gasteiger partial charge in [0.05, 0.1) is 14.2 Å². The van der Waals surface area contributed by atoms with Crippen LogP contribution in [0, 0.1) is 0 Å². The van der Waals surface area contributed by atoms with Crippen molar-refractivity contribution in [2.24, 2.45) is 0 Å². The minimum absolute atomic E-state index is 0.496. The standard InChI is InChI=1S/C15H15BrO3/c1-17-13-7-14(18-2)9-15(8-13)19-10-11-4-3-5-12(16)6-11/h3-9H,10H2,1-2H3. The molecule has 2 aromatic carbocycles. The number of hydrogen-bond acceptors (Lipinski definition) is 3. The molecule has 0 atom stereocenters. The van der Waals surface area contributed by atoms with E-state index in [9.17, 15) is 0 Å². The van der Waals surface area contributed by atoms with Gasteiger partial charge in [0.15, 0.2) is 0 Å². The van der Waals surface area contributed by atoms with Crippen molar-refractivity contribution in [2.75, 3.05) is 14.2 Å². The Labute approximate surface area is 121 Å².